The first kappa shape index (κ1) is 11.5. The molecule has 0 rings (SSSR count). The van der Waals surface area contributed by atoms with Crippen molar-refractivity contribution >= 4 is 26.9 Å². The standard InChI is InChI=1S/C5H20N2OSi3/c6-2-1-5(3-7)4-11(8)10-9/h5,8,11H,1-4,6-7,10H2,9H3. The molecule has 0 heterocycles. The molecular weight excluding hydrogens is 188 g/mol. The molecule has 0 fully saturated rings. The van der Waals surface area contributed by atoms with Crippen LogP contribution in [0.15, 0.2) is 0 Å². The Kier molecular flexibility index (Phi) is 7.54. The lowest BCUT2D eigenvalue weighted by Gasteiger charge is -2.15. The van der Waals surface area contributed by atoms with Crippen LogP contribution in [0.1, 0.15) is 6.42 Å². The second kappa shape index (κ2) is 7.19. The van der Waals surface area contributed by atoms with Crippen molar-refractivity contribution in [2.45, 2.75) is 12.5 Å². The predicted molar refractivity (Wildman–Crippen MR) is 58.9 cm³/mol. The van der Waals surface area contributed by atoms with Crippen LogP contribution in [-0.4, -0.2) is 44.8 Å². The van der Waals surface area contributed by atoms with Crippen LogP contribution in [0.2, 0.25) is 6.04 Å². The van der Waals surface area contributed by atoms with Crippen molar-refractivity contribution in [2.24, 2.45) is 17.4 Å². The summed E-state index contributed by atoms with van der Waals surface area (Å²) in [4.78, 5) is 9.53. The van der Waals surface area contributed by atoms with Gasteiger partial charge < -0.3 is 16.3 Å². The highest BCUT2D eigenvalue weighted by Crippen LogP contribution is 2.07. The molecule has 0 saturated carbocycles. The van der Waals surface area contributed by atoms with Gasteiger partial charge in [-0.2, -0.15) is 0 Å². The molecule has 11 heavy (non-hydrogen) atoms. The van der Waals surface area contributed by atoms with E-state index in [4.69, 9.17) is 11.5 Å². The average Bonchev–Trinajstić information content (AvgIpc) is 2.03. The van der Waals surface area contributed by atoms with Gasteiger partial charge in [-0.3, -0.25) is 0 Å². The topological polar surface area (TPSA) is 72.3 Å². The van der Waals surface area contributed by atoms with E-state index in [2.05, 4.69) is 0 Å². The Labute approximate surface area is 75.1 Å². The van der Waals surface area contributed by atoms with E-state index in [1.54, 1.807) is 0 Å². The first-order chi connectivity index (χ1) is 5.24. The van der Waals surface area contributed by atoms with Crippen molar-refractivity contribution in [1.82, 2.24) is 0 Å². The van der Waals surface area contributed by atoms with E-state index >= 15 is 0 Å². The summed E-state index contributed by atoms with van der Waals surface area (Å²) < 4.78 is 0. The van der Waals surface area contributed by atoms with Crippen molar-refractivity contribution in [2.75, 3.05) is 13.1 Å². The van der Waals surface area contributed by atoms with E-state index in [-0.39, 0.29) is 8.55 Å². The maximum absolute atomic E-state index is 9.53. The fourth-order valence-electron chi connectivity index (χ4n) is 1.12. The lowest BCUT2D eigenvalue weighted by molar-refractivity contribution is 0.511. The zero-order valence-electron chi connectivity index (χ0n) is 7.29. The largest absolute Gasteiger partial charge is 0.439 e. The van der Waals surface area contributed by atoms with Gasteiger partial charge in [0.2, 0.25) is 0 Å². The first-order valence-corrected chi connectivity index (χ1v) is 14.6. The van der Waals surface area contributed by atoms with Gasteiger partial charge in [-0.1, -0.05) is 0 Å². The maximum Gasteiger partial charge on any atom is 0.150 e. The molecule has 0 bridgehead atoms. The molecule has 0 spiro atoms. The van der Waals surface area contributed by atoms with Gasteiger partial charge in [-0.05, 0) is 41.2 Å². The van der Waals surface area contributed by atoms with Gasteiger partial charge in [-0.25, -0.2) is 0 Å². The predicted octanol–water partition coefficient (Wildman–Crippen LogP) is -3.43. The van der Waals surface area contributed by atoms with Gasteiger partial charge in [0.15, 0.2) is 0 Å². The lowest BCUT2D eigenvalue weighted by atomic mass is 10.1. The molecule has 0 radical (unpaired) electrons. The van der Waals surface area contributed by atoms with E-state index in [0.29, 0.717) is 19.0 Å². The molecule has 2 atom stereocenters. The summed E-state index contributed by atoms with van der Waals surface area (Å²) in [6.07, 6.45) is 0.997. The summed E-state index contributed by atoms with van der Waals surface area (Å²) in [5, 5.41) is 0. The van der Waals surface area contributed by atoms with Crippen molar-refractivity contribution in [1.29, 1.82) is 0 Å². The van der Waals surface area contributed by atoms with Crippen LogP contribution in [0.4, 0.5) is 0 Å². The SMILES string of the molecule is NCCC(CN)C[SiH](O)[SiH2][SiH3]. The molecule has 5 N–H and O–H groups in total. The van der Waals surface area contributed by atoms with Crippen LogP contribution in [0, 0.1) is 5.92 Å². The van der Waals surface area contributed by atoms with Gasteiger partial charge in [0, 0.05) is 8.55 Å². The fraction of sp³-hybridized carbons (Fsp3) is 1.00. The molecule has 3 nitrogen and oxygen atoms in total. The third-order valence-corrected chi connectivity index (χ3v) is 16.4. The highest BCUT2D eigenvalue weighted by Gasteiger charge is 2.12. The second-order valence-electron chi connectivity index (χ2n) is 2.98. The quantitative estimate of drug-likeness (QED) is 0.398. The molecule has 0 aliphatic heterocycles. The zero-order chi connectivity index (χ0) is 8.69. The smallest absolute Gasteiger partial charge is 0.150 e. The molecule has 0 aromatic carbocycles. The third kappa shape index (κ3) is 5.76. The van der Waals surface area contributed by atoms with Gasteiger partial charge in [0.05, 0.1) is 0 Å². The highest BCUT2D eigenvalue weighted by atomic mass is 29.5. The molecule has 6 heteroatoms. The Hall–Kier alpha value is 0.531. The Balaban J connectivity index is 3.49. The van der Waals surface area contributed by atoms with Crippen LogP contribution in [0.3, 0.4) is 0 Å². The number of nitrogens with two attached hydrogens (primary N) is 2. The van der Waals surface area contributed by atoms with Crippen molar-refractivity contribution < 1.29 is 4.80 Å². The minimum atomic E-state index is -1.22. The Morgan fingerprint density at radius 3 is 2.55 bits per heavy atom. The molecule has 0 aromatic heterocycles. The van der Waals surface area contributed by atoms with Crippen LogP contribution in [0.25, 0.3) is 0 Å². The monoisotopic (exact) mass is 208 g/mol. The fourth-order valence-corrected chi connectivity index (χ4v) is 8.06. The first-order valence-electron chi connectivity index (χ1n) is 4.32. The summed E-state index contributed by atoms with van der Waals surface area (Å²) in [7, 11) is 0.0463. The molecule has 0 aliphatic carbocycles. The summed E-state index contributed by atoms with van der Waals surface area (Å²) in [6.45, 7) is 1.42. The molecule has 0 amide bonds. The van der Waals surface area contributed by atoms with Crippen molar-refractivity contribution in [3.8, 4) is 0 Å². The Morgan fingerprint density at radius 1 is 1.55 bits per heavy atom. The van der Waals surface area contributed by atoms with Crippen LogP contribution in [0.5, 0.6) is 0 Å². The third-order valence-electron chi connectivity index (χ3n) is 1.98. The highest BCUT2D eigenvalue weighted by molar-refractivity contribution is 7.28. The van der Waals surface area contributed by atoms with Gasteiger partial charge in [0.1, 0.15) is 8.56 Å². The van der Waals surface area contributed by atoms with Crippen LogP contribution < -0.4 is 11.5 Å². The van der Waals surface area contributed by atoms with Crippen LogP contribution in [-0.2, 0) is 0 Å². The number of hydrogen-bond acceptors (Lipinski definition) is 3. The summed E-state index contributed by atoms with van der Waals surface area (Å²) in [6, 6.07) is 1.03. The van der Waals surface area contributed by atoms with E-state index in [1.165, 1.54) is 9.76 Å². The average molecular weight is 208 g/mol. The van der Waals surface area contributed by atoms with Gasteiger partial charge in [0.25, 0.3) is 0 Å². The number of hydrogen-bond donors (Lipinski definition) is 3. The molecule has 0 aliphatic rings. The van der Waals surface area contributed by atoms with E-state index in [1.807, 2.05) is 0 Å². The van der Waals surface area contributed by atoms with E-state index in [9.17, 15) is 4.80 Å². The normalized spacial score (nSPS) is 17.7. The van der Waals surface area contributed by atoms with Gasteiger partial charge >= 0.3 is 0 Å². The molecule has 0 saturated heterocycles. The summed E-state index contributed by atoms with van der Waals surface area (Å²) in [5.41, 5.74) is 11.0. The summed E-state index contributed by atoms with van der Waals surface area (Å²) in [5.74, 6) is 0.517. The lowest BCUT2D eigenvalue weighted by Crippen LogP contribution is -2.29. The minimum Gasteiger partial charge on any atom is -0.439 e. The Morgan fingerprint density at radius 2 is 2.18 bits per heavy atom. The zero-order valence-corrected chi connectivity index (χ0v) is 11.9. The Bertz CT molecular complexity index is 95.8. The van der Waals surface area contributed by atoms with Crippen molar-refractivity contribution in [3.63, 3.8) is 0 Å². The van der Waals surface area contributed by atoms with E-state index < -0.39 is 8.56 Å². The van der Waals surface area contributed by atoms with Gasteiger partial charge in [-0.15, -0.1) is 0 Å². The number of rotatable bonds is 6. The second-order valence-corrected chi connectivity index (χ2v) is 18.2. The molecule has 68 valence electrons. The minimum absolute atomic E-state index is 0.00624. The van der Waals surface area contributed by atoms with Crippen molar-refractivity contribution in [3.05, 3.63) is 0 Å². The van der Waals surface area contributed by atoms with E-state index in [0.717, 1.165) is 12.5 Å². The molecule has 0 aromatic rings. The summed E-state index contributed by atoms with van der Waals surface area (Å²) >= 11 is 0. The maximum atomic E-state index is 9.53. The molecular formula is C5H20N2OSi3. The molecule has 2 unspecified atom stereocenters. The van der Waals surface area contributed by atoms with Crippen LogP contribution >= 0.6 is 0 Å².